The number of benzene rings is 1. The summed E-state index contributed by atoms with van der Waals surface area (Å²) in [4.78, 5) is 11.9. The Kier molecular flexibility index (Phi) is 4.29. The van der Waals surface area contributed by atoms with E-state index in [-0.39, 0.29) is 5.91 Å². The van der Waals surface area contributed by atoms with E-state index in [0.717, 1.165) is 11.3 Å². The van der Waals surface area contributed by atoms with Crippen LogP contribution in [0.15, 0.2) is 53.4 Å². The summed E-state index contributed by atoms with van der Waals surface area (Å²) >= 11 is 1.63. The molecule has 0 saturated carbocycles. The lowest BCUT2D eigenvalue weighted by Gasteiger charge is -2.05. The van der Waals surface area contributed by atoms with Gasteiger partial charge in [-0.2, -0.15) is 16.4 Å². The average molecular weight is 315 g/mol. The number of nitrogens with one attached hydrogen (secondary N) is 1. The van der Waals surface area contributed by atoms with Crippen molar-refractivity contribution in [2.24, 2.45) is 0 Å². The molecule has 3 aromatic rings. The van der Waals surface area contributed by atoms with Crippen LogP contribution in [0.1, 0.15) is 10.4 Å². The Morgan fingerprint density at radius 1 is 1.32 bits per heavy atom. The minimum absolute atomic E-state index is 0.287. The molecule has 0 aliphatic carbocycles. The first kappa shape index (κ1) is 14.5. The fraction of sp³-hybridized carbons (Fsp3) is 0.125. The topological polar surface area (TPSA) is 46.9 Å². The molecule has 0 fully saturated rings. The van der Waals surface area contributed by atoms with Crippen LogP contribution in [-0.4, -0.2) is 22.2 Å². The van der Waals surface area contributed by atoms with Crippen molar-refractivity contribution in [2.75, 3.05) is 6.54 Å². The zero-order valence-corrected chi connectivity index (χ0v) is 12.5. The highest BCUT2D eigenvalue weighted by Gasteiger charge is 2.06. The molecule has 0 unspecified atom stereocenters. The summed E-state index contributed by atoms with van der Waals surface area (Å²) in [5.74, 6) is -0.704. The van der Waals surface area contributed by atoms with Crippen molar-refractivity contribution in [2.45, 2.75) is 6.54 Å². The molecule has 2 aromatic heterocycles. The number of rotatable bonds is 5. The summed E-state index contributed by atoms with van der Waals surface area (Å²) in [6.07, 6.45) is 1.88. The average Bonchev–Trinajstić information content (AvgIpc) is 3.18. The van der Waals surface area contributed by atoms with Crippen LogP contribution >= 0.6 is 11.3 Å². The van der Waals surface area contributed by atoms with Crippen molar-refractivity contribution in [3.8, 4) is 11.3 Å². The second-order valence-corrected chi connectivity index (χ2v) is 5.52. The van der Waals surface area contributed by atoms with Gasteiger partial charge in [-0.05, 0) is 35.7 Å². The number of carbonyl (C=O) groups is 1. The largest absolute Gasteiger partial charge is 0.350 e. The zero-order chi connectivity index (χ0) is 15.4. The molecule has 0 aliphatic rings. The molecule has 1 N–H and O–H groups in total. The molecule has 112 valence electrons. The summed E-state index contributed by atoms with van der Waals surface area (Å²) in [6.45, 7) is 0.991. The Balaban J connectivity index is 1.54. The van der Waals surface area contributed by atoms with Crippen molar-refractivity contribution in [1.82, 2.24) is 15.1 Å². The molecule has 0 bridgehead atoms. The molecular weight excluding hydrogens is 301 g/mol. The van der Waals surface area contributed by atoms with E-state index in [9.17, 15) is 9.18 Å². The summed E-state index contributed by atoms with van der Waals surface area (Å²) in [5, 5.41) is 11.3. The van der Waals surface area contributed by atoms with Crippen LogP contribution in [0.25, 0.3) is 11.3 Å². The fourth-order valence-electron chi connectivity index (χ4n) is 2.07. The second-order valence-electron chi connectivity index (χ2n) is 4.74. The van der Waals surface area contributed by atoms with E-state index in [1.54, 1.807) is 22.1 Å². The van der Waals surface area contributed by atoms with Crippen LogP contribution in [0.2, 0.25) is 0 Å². The SMILES string of the molecule is O=C(NCCn1ccc(-c2ccsc2)n1)c1cccc(F)c1. The lowest BCUT2D eigenvalue weighted by Crippen LogP contribution is -2.27. The number of amides is 1. The Hall–Kier alpha value is -2.47. The van der Waals surface area contributed by atoms with Gasteiger partial charge >= 0.3 is 0 Å². The van der Waals surface area contributed by atoms with Crippen molar-refractivity contribution in [3.63, 3.8) is 0 Å². The summed E-state index contributed by atoms with van der Waals surface area (Å²) < 4.78 is 14.8. The van der Waals surface area contributed by atoms with Crippen LogP contribution in [0.5, 0.6) is 0 Å². The quantitative estimate of drug-likeness (QED) is 0.786. The van der Waals surface area contributed by atoms with Gasteiger partial charge in [0, 0.05) is 29.2 Å². The second kappa shape index (κ2) is 6.53. The van der Waals surface area contributed by atoms with Gasteiger partial charge in [-0.1, -0.05) is 6.07 Å². The van der Waals surface area contributed by atoms with Crippen LogP contribution in [0, 0.1) is 5.82 Å². The summed E-state index contributed by atoms with van der Waals surface area (Å²) in [6, 6.07) is 9.59. The molecule has 0 aliphatic heterocycles. The molecule has 22 heavy (non-hydrogen) atoms. The molecule has 0 spiro atoms. The molecule has 1 amide bonds. The number of hydrogen-bond acceptors (Lipinski definition) is 3. The first-order valence-corrected chi connectivity index (χ1v) is 7.76. The number of aromatic nitrogens is 2. The normalized spacial score (nSPS) is 10.6. The van der Waals surface area contributed by atoms with Gasteiger partial charge in [-0.25, -0.2) is 4.39 Å². The van der Waals surface area contributed by atoms with Crippen LogP contribution in [-0.2, 0) is 6.54 Å². The van der Waals surface area contributed by atoms with Crippen molar-refractivity contribution >= 4 is 17.2 Å². The van der Waals surface area contributed by atoms with Gasteiger partial charge in [0.05, 0.1) is 12.2 Å². The van der Waals surface area contributed by atoms with Crippen LogP contribution in [0.3, 0.4) is 0 Å². The van der Waals surface area contributed by atoms with E-state index in [1.807, 2.05) is 29.1 Å². The van der Waals surface area contributed by atoms with E-state index >= 15 is 0 Å². The smallest absolute Gasteiger partial charge is 0.251 e. The fourth-order valence-corrected chi connectivity index (χ4v) is 2.72. The Bertz CT molecular complexity index is 767. The third-order valence-corrected chi connectivity index (χ3v) is 3.85. The third kappa shape index (κ3) is 3.40. The van der Waals surface area contributed by atoms with E-state index in [0.29, 0.717) is 18.7 Å². The monoisotopic (exact) mass is 315 g/mol. The van der Waals surface area contributed by atoms with Gasteiger partial charge < -0.3 is 5.32 Å². The molecule has 2 heterocycles. The molecule has 0 saturated heterocycles. The molecule has 0 radical (unpaired) electrons. The predicted octanol–water partition coefficient (Wildman–Crippen LogP) is 3.18. The maximum absolute atomic E-state index is 13.1. The number of carbonyl (C=O) groups excluding carboxylic acids is 1. The van der Waals surface area contributed by atoms with Gasteiger partial charge in [-0.15, -0.1) is 0 Å². The van der Waals surface area contributed by atoms with E-state index in [2.05, 4.69) is 10.4 Å². The molecule has 1 aromatic carbocycles. The maximum Gasteiger partial charge on any atom is 0.251 e. The molecule has 3 rings (SSSR count). The Morgan fingerprint density at radius 2 is 2.23 bits per heavy atom. The van der Waals surface area contributed by atoms with E-state index in [4.69, 9.17) is 0 Å². The van der Waals surface area contributed by atoms with Gasteiger partial charge in [0.25, 0.3) is 5.91 Å². The number of thiophene rings is 1. The summed E-state index contributed by atoms with van der Waals surface area (Å²) in [5.41, 5.74) is 2.32. The lowest BCUT2D eigenvalue weighted by molar-refractivity contribution is 0.0951. The van der Waals surface area contributed by atoms with Gasteiger partial charge in [0.1, 0.15) is 5.82 Å². The standard InChI is InChI=1S/C16H14FN3OS/c17-14-3-1-2-12(10-14)16(21)18-6-8-20-7-4-15(19-20)13-5-9-22-11-13/h1-5,7,9-11H,6,8H2,(H,18,21). The van der Waals surface area contributed by atoms with Crippen molar-refractivity contribution in [1.29, 1.82) is 0 Å². The number of nitrogens with zero attached hydrogens (tertiary/aromatic N) is 2. The highest BCUT2D eigenvalue weighted by Crippen LogP contribution is 2.19. The number of hydrogen-bond donors (Lipinski definition) is 1. The molecular formula is C16H14FN3OS. The van der Waals surface area contributed by atoms with Gasteiger partial charge in [-0.3, -0.25) is 9.48 Å². The van der Waals surface area contributed by atoms with Gasteiger partial charge in [0.2, 0.25) is 0 Å². The Morgan fingerprint density at radius 3 is 3.00 bits per heavy atom. The predicted molar refractivity (Wildman–Crippen MR) is 84.3 cm³/mol. The zero-order valence-electron chi connectivity index (χ0n) is 11.7. The highest BCUT2D eigenvalue weighted by molar-refractivity contribution is 7.08. The highest BCUT2D eigenvalue weighted by atomic mass is 32.1. The van der Waals surface area contributed by atoms with Crippen LogP contribution < -0.4 is 5.32 Å². The van der Waals surface area contributed by atoms with Crippen molar-refractivity contribution in [3.05, 3.63) is 64.7 Å². The first-order chi connectivity index (χ1) is 10.7. The van der Waals surface area contributed by atoms with E-state index in [1.165, 1.54) is 18.2 Å². The summed E-state index contributed by atoms with van der Waals surface area (Å²) in [7, 11) is 0. The van der Waals surface area contributed by atoms with Crippen molar-refractivity contribution < 1.29 is 9.18 Å². The van der Waals surface area contributed by atoms with E-state index < -0.39 is 5.82 Å². The number of halogens is 1. The van der Waals surface area contributed by atoms with Crippen LogP contribution in [0.4, 0.5) is 4.39 Å². The molecule has 6 heteroatoms. The maximum atomic E-state index is 13.1. The molecule has 0 atom stereocenters. The Labute approximate surface area is 131 Å². The lowest BCUT2D eigenvalue weighted by atomic mass is 10.2. The minimum Gasteiger partial charge on any atom is -0.350 e. The first-order valence-electron chi connectivity index (χ1n) is 6.82. The minimum atomic E-state index is -0.417. The molecule has 4 nitrogen and oxygen atoms in total. The van der Waals surface area contributed by atoms with Gasteiger partial charge in [0.15, 0.2) is 0 Å². The third-order valence-electron chi connectivity index (χ3n) is 3.17.